The first-order chi connectivity index (χ1) is 7.25. The summed E-state index contributed by atoms with van der Waals surface area (Å²) >= 11 is 0. The second-order valence-corrected chi connectivity index (χ2v) is 3.13. The van der Waals surface area contributed by atoms with Gasteiger partial charge in [0.1, 0.15) is 17.2 Å². The standard InChI is InChI=1S/C12H11NO2/c13-11-3-1-2-4-12(11)15-10-7-5-9(14)6-8-10/h1-8,14H,13H2. The average Bonchev–Trinajstić information content (AvgIpc) is 2.25. The fourth-order valence-electron chi connectivity index (χ4n) is 1.21. The SMILES string of the molecule is Nc1ccccc1Oc1ccc(O)cc1. The van der Waals surface area contributed by atoms with Crippen LogP contribution in [0.1, 0.15) is 0 Å². The van der Waals surface area contributed by atoms with Gasteiger partial charge >= 0.3 is 0 Å². The number of nitrogen functional groups attached to an aromatic ring is 1. The molecule has 0 bridgehead atoms. The van der Waals surface area contributed by atoms with Gasteiger partial charge in [-0.3, -0.25) is 0 Å². The monoisotopic (exact) mass is 201 g/mol. The minimum absolute atomic E-state index is 0.211. The number of para-hydroxylation sites is 2. The van der Waals surface area contributed by atoms with Crippen molar-refractivity contribution in [3.8, 4) is 17.2 Å². The molecular formula is C12H11NO2. The second-order valence-electron chi connectivity index (χ2n) is 3.13. The van der Waals surface area contributed by atoms with Gasteiger partial charge in [-0.25, -0.2) is 0 Å². The lowest BCUT2D eigenvalue weighted by Gasteiger charge is -2.07. The molecule has 0 saturated carbocycles. The summed E-state index contributed by atoms with van der Waals surface area (Å²) in [7, 11) is 0. The van der Waals surface area contributed by atoms with Crippen LogP contribution in [0.2, 0.25) is 0 Å². The number of phenols is 1. The number of aromatic hydroxyl groups is 1. The maximum atomic E-state index is 9.10. The van der Waals surface area contributed by atoms with Crippen LogP contribution >= 0.6 is 0 Å². The summed E-state index contributed by atoms with van der Waals surface area (Å²) in [6, 6.07) is 13.8. The highest BCUT2D eigenvalue weighted by Gasteiger charge is 2.00. The molecule has 0 atom stereocenters. The summed E-state index contributed by atoms with van der Waals surface area (Å²) in [5, 5.41) is 9.10. The first kappa shape index (κ1) is 9.40. The Morgan fingerprint density at radius 3 is 2.27 bits per heavy atom. The number of hydrogen-bond donors (Lipinski definition) is 2. The van der Waals surface area contributed by atoms with Crippen LogP contribution in [0, 0.1) is 0 Å². The predicted octanol–water partition coefficient (Wildman–Crippen LogP) is 2.77. The number of ether oxygens (including phenoxy) is 1. The summed E-state index contributed by atoms with van der Waals surface area (Å²) in [6.07, 6.45) is 0. The predicted molar refractivity (Wildman–Crippen MR) is 59.0 cm³/mol. The lowest BCUT2D eigenvalue weighted by atomic mass is 10.3. The highest BCUT2D eigenvalue weighted by molar-refractivity contribution is 5.53. The van der Waals surface area contributed by atoms with E-state index < -0.39 is 0 Å². The van der Waals surface area contributed by atoms with Crippen LogP contribution in [0.3, 0.4) is 0 Å². The number of phenolic OH excluding ortho intramolecular Hbond substituents is 1. The Balaban J connectivity index is 2.22. The van der Waals surface area contributed by atoms with Crippen LogP contribution in [0.5, 0.6) is 17.2 Å². The molecule has 0 heterocycles. The molecule has 0 aromatic heterocycles. The molecule has 2 rings (SSSR count). The molecule has 0 unspecified atom stereocenters. The van der Waals surface area contributed by atoms with Crippen LogP contribution < -0.4 is 10.5 Å². The lowest BCUT2D eigenvalue weighted by Crippen LogP contribution is -1.90. The molecule has 3 heteroatoms. The third-order valence-electron chi connectivity index (χ3n) is 1.98. The molecule has 0 spiro atoms. The number of hydrogen-bond acceptors (Lipinski definition) is 3. The third-order valence-corrected chi connectivity index (χ3v) is 1.98. The van der Waals surface area contributed by atoms with Crippen LogP contribution in [-0.4, -0.2) is 5.11 Å². The van der Waals surface area contributed by atoms with Gasteiger partial charge in [-0.1, -0.05) is 12.1 Å². The lowest BCUT2D eigenvalue weighted by molar-refractivity contribution is 0.465. The van der Waals surface area contributed by atoms with Crippen molar-refractivity contribution in [2.75, 3.05) is 5.73 Å². The maximum Gasteiger partial charge on any atom is 0.150 e. The average molecular weight is 201 g/mol. The Labute approximate surface area is 87.7 Å². The van der Waals surface area contributed by atoms with Gasteiger partial charge in [0.15, 0.2) is 0 Å². The Morgan fingerprint density at radius 2 is 1.60 bits per heavy atom. The van der Waals surface area contributed by atoms with Gasteiger partial charge in [0.05, 0.1) is 5.69 Å². The Hall–Kier alpha value is -2.16. The first-order valence-corrected chi connectivity index (χ1v) is 4.57. The van der Waals surface area contributed by atoms with E-state index in [4.69, 9.17) is 15.6 Å². The minimum Gasteiger partial charge on any atom is -0.508 e. The summed E-state index contributed by atoms with van der Waals surface area (Å²) in [6.45, 7) is 0. The van der Waals surface area contributed by atoms with E-state index in [-0.39, 0.29) is 5.75 Å². The van der Waals surface area contributed by atoms with Gasteiger partial charge in [-0.2, -0.15) is 0 Å². The van der Waals surface area contributed by atoms with Crippen molar-refractivity contribution >= 4 is 5.69 Å². The maximum absolute atomic E-state index is 9.10. The second kappa shape index (κ2) is 3.92. The summed E-state index contributed by atoms with van der Waals surface area (Å²) < 4.78 is 5.53. The molecule has 0 radical (unpaired) electrons. The Bertz CT molecular complexity index is 451. The van der Waals surface area contributed by atoms with Crippen molar-refractivity contribution in [3.63, 3.8) is 0 Å². The van der Waals surface area contributed by atoms with Crippen LogP contribution in [-0.2, 0) is 0 Å². The number of anilines is 1. The van der Waals surface area contributed by atoms with Crippen molar-refractivity contribution in [2.45, 2.75) is 0 Å². The van der Waals surface area contributed by atoms with E-state index in [0.717, 1.165) is 0 Å². The number of rotatable bonds is 2. The molecule has 76 valence electrons. The molecule has 15 heavy (non-hydrogen) atoms. The summed E-state index contributed by atoms with van der Waals surface area (Å²) in [5.74, 6) is 1.47. The molecule has 0 aliphatic rings. The van der Waals surface area contributed by atoms with E-state index in [2.05, 4.69) is 0 Å². The van der Waals surface area contributed by atoms with Gasteiger partial charge in [0.2, 0.25) is 0 Å². The molecule has 2 aromatic carbocycles. The molecule has 0 aliphatic heterocycles. The van der Waals surface area contributed by atoms with E-state index >= 15 is 0 Å². The smallest absolute Gasteiger partial charge is 0.150 e. The highest BCUT2D eigenvalue weighted by atomic mass is 16.5. The van der Waals surface area contributed by atoms with E-state index in [1.165, 1.54) is 0 Å². The van der Waals surface area contributed by atoms with Gasteiger partial charge in [-0.15, -0.1) is 0 Å². The van der Waals surface area contributed by atoms with Gasteiger partial charge in [0.25, 0.3) is 0 Å². The fraction of sp³-hybridized carbons (Fsp3) is 0. The molecule has 0 aliphatic carbocycles. The van der Waals surface area contributed by atoms with E-state index in [0.29, 0.717) is 17.2 Å². The Morgan fingerprint density at radius 1 is 0.933 bits per heavy atom. The van der Waals surface area contributed by atoms with Gasteiger partial charge in [-0.05, 0) is 36.4 Å². The van der Waals surface area contributed by atoms with Crippen molar-refractivity contribution < 1.29 is 9.84 Å². The zero-order chi connectivity index (χ0) is 10.7. The summed E-state index contributed by atoms with van der Waals surface area (Å²) in [5.41, 5.74) is 6.31. The zero-order valence-corrected chi connectivity index (χ0v) is 8.05. The molecule has 3 nitrogen and oxygen atoms in total. The largest absolute Gasteiger partial charge is 0.508 e. The molecule has 2 aromatic rings. The normalized spacial score (nSPS) is 9.87. The topological polar surface area (TPSA) is 55.5 Å². The first-order valence-electron chi connectivity index (χ1n) is 4.57. The third kappa shape index (κ3) is 2.20. The van der Waals surface area contributed by atoms with Crippen molar-refractivity contribution in [3.05, 3.63) is 48.5 Å². The van der Waals surface area contributed by atoms with Crippen LogP contribution in [0.4, 0.5) is 5.69 Å². The zero-order valence-electron chi connectivity index (χ0n) is 8.05. The van der Waals surface area contributed by atoms with E-state index in [9.17, 15) is 0 Å². The molecular weight excluding hydrogens is 190 g/mol. The van der Waals surface area contributed by atoms with Gasteiger partial charge < -0.3 is 15.6 Å². The fourth-order valence-corrected chi connectivity index (χ4v) is 1.21. The summed E-state index contributed by atoms with van der Waals surface area (Å²) in [4.78, 5) is 0. The van der Waals surface area contributed by atoms with Crippen molar-refractivity contribution in [1.82, 2.24) is 0 Å². The van der Waals surface area contributed by atoms with Crippen molar-refractivity contribution in [1.29, 1.82) is 0 Å². The van der Waals surface area contributed by atoms with Crippen LogP contribution in [0.15, 0.2) is 48.5 Å². The van der Waals surface area contributed by atoms with Crippen LogP contribution in [0.25, 0.3) is 0 Å². The van der Waals surface area contributed by atoms with E-state index in [1.807, 2.05) is 12.1 Å². The molecule has 3 N–H and O–H groups in total. The highest BCUT2D eigenvalue weighted by Crippen LogP contribution is 2.27. The minimum atomic E-state index is 0.211. The molecule has 0 saturated heterocycles. The molecule has 0 fully saturated rings. The van der Waals surface area contributed by atoms with Crippen molar-refractivity contribution in [2.24, 2.45) is 0 Å². The van der Waals surface area contributed by atoms with E-state index in [1.54, 1.807) is 36.4 Å². The number of benzene rings is 2. The Kier molecular flexibility index (Phi) is 2.46. The number of nitrogens with two attached hydrogens (primary N) is 1. The van der Waals surface area contributed by atoms with Gasteiger partial charge in [0, 0.05) is 0 Å². The molecule has 0 amide bonds. The quantitative estimate of drug-likeness (QED) is 0.734.